The number of carbonyl (C=O) groups excluding carboxylic acids is 1. The van der Waals surface area contributed by atoms with E-state index in [0.29, 0.717) is 12.3 Å². The number of hydrogen-bond acceptors (Lipinski definition) is 2. The van der Waals surface area contributed by atoms with Gasteiger partial charge in [-0.15, -0.1) is 0 Å². The molecule has 1 amide bonds. The molecule has 2 aromatic carbocycles. The van der Waals surface area contributed by atoms with Crippen molar-refractivity contribution >= 4 is 5.91 Å². The van der Waals surface area contributed by atoms with Gasteiger partial charge < -0.3 is 9.64 Å². The smallest absolute Gasteiger partial charge is 0.226 e. The lowest BCUT2D eigenvalue weighted by molar-refractivity contribution is -0.131. The van der Waals surface area contributed by atoms with Crippen molar-refractivity contribution < 1.29 is 9.53 Å². The van der Waals surface area contributed by atoms with E-state index in [1.54, 1.807) is 7.11 Å². The lowest BCUT2D eigenvalue weighted by Crippen LogP contribution is -2.38. The lowest BCUT2D eigenvalue weighted by Gasteiger charge is -2.32. The average Bonchev–Trinajstić information content (AvgIpc) is 2.63. The highest BCUT2D eigenvalue weighted by molar-refractivity contribution is 5.78. The second-order valence-electron chi connectivity index (χ2n) is 6.09. The molecular formula is C20H23NO2. The summed E-state index contributed by atoms with van der Waals surface area (Å²) >= 11 is 0. The summed E-state index contributed by atoms with van der Waals surface area (Å²) in [6.45, 7) is 1.68. The molecule has 0 radical (unpaired) electrons. The molecule has 1 fully saturated rings. The molecule has 3 nitrogen and oxygen atoms in total. The molecule has 23 heavy (non-hydrogen) atoms. The monoisotopic (exact) mass is 309 g/mol. The normalized spacial score (nSPS) is 15.4. The maximum Gasteiger partial charge on any atom is 0.226 e. The van der Waals surface area contributed by atoms with Gasteiger partial charge in [0.25, 0.3) is 0 Å². The van der Waals surface area contributed by atoms with Crippen molar-refractivity contribution in [2.24, 2.45) is 0 Å². The van der Waals surface area contributed by atoms with Gasteiger partial charge in [0, 0.05) is 13.1 Å². The Morgan fingerprint density at radius 2 is 1.83 bits per heavy atom. The number of benzene rings is 2. The average molecular weight is 309 g/mol. The SMILES string of the molecule is COc1cccc(C2CCN(C(=O)Cc3ccccc3)CC2)c1. The van der Waals surface area contributed by atoms with Crippen LogP contribution in [0.25, 0.3) is 0 Å². The fraction of sp³-hybridized carbons (Fsp3) is 0.350. The van der Waals surface area contributed by atoms with E-state index in [0.717, 1.165) is 37.2 Å². The number of ether oxygens (including phenoxy) is 1. The number of hydrogen-bond donors (Lipinski definition) is 0. The molecule has 1 aliphatic heterocycles. The van der Waals surface area contributed by atoms with Crippen molar-refractivity contribution in [1.82, 2.24) is 4.90 Å². The minimum atomic E-state index is 0.236. The van der Waals surface area contributed by atoms with Crippen molar-refractivity contribution in [2.75, 3.05) is 20.2 Å². The predicted molar refractivity (Wildman–Crippen MR) is 91.7 cm³/mol. The number of piperidine rings is 1. The van der Waals surface area contributed by atoms with E-state index in [2.05, 4.69) is 12.1 Å². The fourth-order valence-corrected chi connectivity index (χ4v) is 3.24. The van der Waals surface area contributed by atoms with Crippen LogP contribution in [-0.4, -0.2) is 31.0 Å². The first-order valence-electron chi connectivity index (χ1n) is 8.22. The molecular weight excluding hydrogens is 286 g/mol. The van der Waals surface area contributed by atoms with Gasteiger partial charge in [0.05, 0.1) is 13.5 Å². The first kappa shape index (κ1) is 15.6. The molecule has 120 valence electrons. The summed E-state index contributed by atoms with van der Waals surface area (Å²) in [5, 5.41) is 0. The van der Waals surface area contributed by atoms with E-state index < -0.39 is 0 Å². The van der Waals surface area contributed by atoms with E-state index >= 15 is 0 Å². The van der Waals surface area contributed by atoms with E-state index in [4.69, 9.17) is 4.74 Å². The Balaban J connectivity index is 1.56. The highest BCUT2D eigenvalue weighted by Crippen LogP contribution is 2.30. The van der Waals surface area contributed by atoms with Crippen LogP contribution in [0.15, 0.2) is 54.6 Å². The number of amides is 1. The van der Waals surface area contributed by atoms with Gasteiger partial charge in [-0.3, -0.25) is 4.79 Å². The van der Waals surface area contributed by atoms with Crippen LogP contribution >= 0.6 is 0 Å². The van der Waals surface area contributed by atoms with Gasteiger partial charge in [0.15, 0.2) is 0 Å². The second-order valence-corrected chi connectivity index (χ2v) is 6.09. The number of nitrogens with zero attached hydrogens (tertiary/aromatic N) is 1. The highest BCUT2D eigenvalue weighted by Gasteiger charge is 2.23. The third-order valence-corrected chi connectivity index (χ3v) is 4.61. The molecule has 0 aliphatic carbocycles. The van der Waals surface area contributed by atoms with Crippen LogP contribution in [0, 0.1) is 0 Å². The van der Waals surface area contributed by atoms with Crippen LogP contribution in [0.3, 0.4) is 0 Å². The zero-order chi connectivity index (χ0) is 16.1. The van der Waals surface area contributed by atoms with Gasteiger partial charge in [-0.1, -0.05) is 42.5 Å². The summed E-state index contributed by atoms with van der Waals surface area (Å²) in [5.41, 5.74) is 2.41. The van der Waals surface area contributed by atoms with Crippen LogP contribution in [0.5, 0.6) is 5.75 Å². The van der Waals surface area contributed by atoms with Gasteiger partial charge in [-0.2, -0.15) is 0 Å². The van der Waals surface area contributed by atoms with E-state index in [1.807, 2.05) is 47.4 Å². The third kappa shape index (κ3) is 3.92. The molecule has 0 unspecified atom stereocenters. The van der Waals surface area contributed by atoms with Crippen LogP contribution in [0.2, 0.25) is 0 Å². The van der Waals surface area contributed by atoms with Gasteiger partial charge in [-0.05, 0) is 42.0 Å². The number of rotatable bonds is 4. The summed E-state index contributed by atoms with van der Waals surface area (Å²) in [7, 11) is 1.70. The highest BCUT2D eigenvalue weighted by atomic mass is 16.5. The quantitative estimate of drug-likeness (QED) is 0.863. The zero-order valence-corrected chi connectivity index (χ0v) is 13.6. The molecule has 0 aromatic heterocycles. The van der Waals surface area contributed by atoms with Crippen LogP contribution in [-0.2, 0) is 11.2 Å². The predicted octanol–water partition coefficient (Wildman–Crippen LogP) is 3.64. The summed E-state index contributed by atoms with van der Waals surface area (Å²) in [6, 6.07) is 18.3. The number of methoxy groups -OCH3 is 1. The van der Waals surface area contributed by atoms with Crippen LogP contribution < -0.4 is 4.74 Å². The van der Waals surface area contributed by atoms with E-state index in [1.165, 1.54) is 5.56 Å². The summed E-state index contributed by atoms with van der Waals surface area (Å²) in [5.74, 6) is 1.66. The van der Waals surface area contributed by atoms with Gasteiger partial charge in [0.2, 0.25) is 5.91 Å². The van der Waals surface area contributed by atoms with Crippen LogP contribution in [0.4, 0.5) is 0 Å². The molecule has 1 aliphatic rings. The Morgan fingerprint density at radius 3 is 2.52 bits per heavy atom. The first-order chi connectivity index (χ1) is 11.3. The van der Waals surface area contributed by atoms with Crippen molar-refractivity contribution in [3.05, 3.63) is 65.7 Å². The first-order valence-corrected chi connectivity index (χ1v) is 8.22. The topological polar surface area (TPSA) is 29.5 Å². The molecule has 0 N–H and O–H groups in total. The van der Waals surface area contributed by atoms with Crippen molar-refractivity contribution in [3.63, 3.8) is 0 Å². The van der Waals surface area contributed by atoms with Crippen LogP contribution in [0.1, 0.15) is 29.9 Å². The van der Waals surface area contributed by atoms with Crippen molar-refractivity contribution in [3.8, 4) is 5.75 Å². The summed E-state index contributed by atoms with van der Waals surface area (Å²) < 4.78 is 5.31. The molecule has 0 bridgehead atoms. The Morgan fingerprint density at radius 1 is 1.09 bits per heavy atom. The molecule has 0 saturated carbocycles. The van der Waals surface area contributed by atoms with Crippen molar-refractivity contribution in [2.45, 2.75) is 25.2 Å². The van der Waals surface area contributed by atoms with Gasteiger partial charge >= 0.3 is 0 Å². The minimum Gasteiger partial charge on any atom is -0.497 e. The van der Waals surface area contributed by atoms with Gasteiger partial charge in [0.1, 0.15) is 5.75 Å². The Hall–Kier alpha value is -2.29. The third-order valence-electron chi connectivity index (χ3n) is 4.61. The van der Waals surface area contributed by atoms with Gasteiger partial charge in [-0.25, -0.2) is 0 Å². The minimum absolute atomic E-state index is 0.236. The molecule has 0 spiro atoms. The molecule has 0 atom stereocenters. The molecule has 3 heteroatoms. The van der Waals surface area contributed by atoms with E-state index in [9.17, 15) is 4.79 Å². The number of likely N-dealkylation sites (tertiary alicyclic amines) is 1. The fourth-order valence-electron chi connectivity index (χ4n) is 3.24. The second kappa shape index (κ2) is 7.32. The maximum absolute atomic E-state index is 12.4. The Kier molecular flexibility index (Phi) is 4.96. The molecule has 2 aromatic rings. The standard InChI is InChI=1S/C20H23NO2/c1-23-19-9-5-8-18(15-19)17-10-12-21(13-11-17)20(22)14-16-6-3-2-4-7-16/h2-9,15,17H,10-14H2,1H3. The molecule has 3 rings (SSSR count). The largest absolute Gasteiger partial charge is 0.497 e. The number of carbonyl (C=O) groups is 1. The molecule has 1 saturated heterocycles. The Bertz CT molecular complexity index is 646. The summed E-state index contributed by atoms with van der Waals surface area (Å²) in [4.78, 5) is 14.4. The zero-order valence-electron chi connectivity index (χ0n) is 13.6. The van der Waals surface area contributed by atoms with E-state index in [-0.39, 0.29) is 5.91 Å². The van der Waals surface area contributed by atoms with Crippen molar-refractivity contribution in [1.29, 1.82) is 0 Å². The lowest BCUT2D eigenvalue weighted by atomic mass is 9.89. The Labute approximate surface area is 137 Å². The maximum atomic E-state index is 12.4. The molecule has 1 heterocycles. The summed E-state index contributed by atoms with van der Waals surface area (Å²) in [6.07, 6.45) is 2.55.